The molecule has 164 valence electrons. The smallest absolute Gasteiger partial charge is 0.253 e. The van der Waals surface area contributed by atoms with Gasteiger partial charge in [0.05, 0.1) is 6.61 Å². The van der Waals surface area contributed by atoms with Gasteiger partial charge in [-0.05, 0) is 69.2 Å². The van der Waals surface area contributed by atoms with Crippen LogP contribution in [-0.2, 0) is 4.79 Å². The number of ether oxygens (including phenoxy) is 1. The average molecular weight is 413 g/mol. The van der Waals surface area contributed by atoms with Crippen molar-refractivity contribution in [2.24, 2.45) is 11.8 Å². The van der Waals surface area contributed by atoms with E-state index in [9.17, 15) is 9.59 Å². The molecule has 4 rings (SSSR count). The Hall–Kier alpha value is -2.04. The molecule has 0 bridgehead atoms. The number of carbonyl (C=O) groups is 2. The highest BCUT2D eigenvalue weighted by molar-refractivity contribution is 5.94. The minimum absolute atomic E-state index is 0.130. The summed E-state index contributed by atoms with van der Waals surface area (Å²) in [7, 11) is 0. The van der Waals surface area contributed by atoms with Gasteiger partial charge in [-0.3, -0.25) is 9.59 Å². The van der Waals surface area contributed by atoms with Crippen molar-refractivity contribution >= 4 is 11.8 Å². The van der Waals surface area contributed by atoms with Crippen LogP contribution in [0.2, 0.25) is 0 Å². The second-order valence-electron chi connectivity index (χ2n) is 9.32. The van der Waals surface area contributed by atoms with E-state index in [0.29, 0.717) is 18.4 Å². The summed E-state index contributed by atoms with van der Waals surface area (Å²) in [5.41, 5.74) is 0.742. The van der Waals surface area contributed by atoms with Crippen molar-refractivity contribution in [3.8, 4) is 5.75 Å². The Labute approximate surface area is 180 Å². The van der Waals surface area contributed by atoms with E-state index >= 15 is 0 Å². The van der Waals surface area contributed by atoms with Crippen molar-refractivity contribution < 1.29 is 14.3 Å². The van der Waals surface area contributed by atoms with Crippen molar-refractivity contribution in [3.63, 3.8) is 0 Å². The van der Waals surface area contributed by atoms with Crippen molar-refractivity contribution in [2.45, 2.75) is 64.2 Å². The zero-order valence-corrected chi connectivity index (χ0v) is 18.2. The summed E-state index contributed by atoms with van der Waals surface area (Å²) in [5.74, 6) is 1.95. The number of benzene rings is 1. The molecule has 5 nitrogen and oxygen atoms in total. The Morgan fingerprint density at radius 2 is 1.47 bits per heavy atom. The fraction of sp³-hybridized carbons (Fsp3) is 0.680. The number of hydrogen-bond donors (Lipinski definition) is 0. The normalized spacial score (nSPS) is 23.3. The molecule has 30 heavy (non-hydrogen) atoms. The van der Waals surface area contributed by atoms with Gasteiger partial charge in [-0.1, -0.05) is 19.3 Å². The van der Waals surface area contributed by atoms with E-state index in [1.807, 2.05) is 29.2 Å². The number of amides is 2. The number of hydrogen-bond acceptors (Lipinski definition) is 3. The van der Waals surface area contributed by atoms with Crippen molar-refractivity contribution in [3.05, 3.63) is 29.8 Å². The van der Waals surface area contributed by atoms with Gasteiger partial charge in [0.1, 0.15) is 5.75 Å². The molecule has 3 aliphatic rings. The molecule has 1 aliphatic carbocycles. The predicted molar refractivity (Wildman–Crippen MR) is 118 cm³/mol. The number of nitrogens with zero attached hydrogens (tertiary/aromatic N) is 2. The zero-order chi connectivity index (χ0) is 20.8. The van der Waals surface area contributed by atoms with Crippen LogP contribution in [0, 0.1) is 11.8 Å². The second kappa shape index (κ2) is 10.3. The van der Waals surface area contributed by atoms with Crippen LogP contribution in [0.15, 0.2) is 24.3 Å². The van der Waals surface area contributed by atoms with E-state index in [1.54, 1.807) is 0 Å². The highest BCUT2D eigenvalue weighted by Crippen LogP contribution is 2.28. The number of rotatable bonds is 5. The van der Waals surface area contributed by atoms with E-state index in [-0.39, 0.29) is 11.8 Å². The minimum Gasteiger partial charge on any atom is -0.493 e. The molecule has 1 aromatic carbocycles. The largest absolute Gasteiger partial charge is 0.493 e. The summed E-state index contributed by atoms with van der Waals surface area (Å²) in [4.78, 5) is 29.5. The Morgan fingerprint density at radius 3 is 2.20 bits per heavy atom. The third-order valence-corrected chi connectivity index (χ3v) is 7.02. The monoisotopic (exact) mass is 412 g/mol. The van der Waals surface area contributed by atoms with E-state index in [2.05, 4.69) is 4.90 Å². The molecule has 5 heteroatoms. The first-order valence-electron chi connectivity index (χ1n) is 12.0. The van der Waals surface area contributed by atoms with Crippen molar-refractivity contribution in [1.29, 1.82) is 0 Å². The summed E-state index contributed by atoms with van der Waals surface area (Å²) in [6, 6.07) is 7.58. The van der Waals surface area contributed by atoms with Crippen LogP contribution in [-0.4, -0.2) is 54.4 Å². The molecule has 2 saturated heterocycles. The Morgan fingerprint density at radius 1 is 0.800 bits per heavy atom. The molecule has 0 N–H and O–H groups in total. The van der Waals surface area contributed by atoms with Gasteiger partial charge in [0, 0.05) is 43.6 Å². The molecule has 2 aliphatic heterocycles. The summed E-state index contributed by atoms with van der Waals surface area (Å²) in [6.45, 7) is 4.09. The highest BCUT2D eigenvalue weighted by atomic mass is 16.5. The van der Waals surface area contributed by atoms with E-state index < -0.39 is 0 Å². The molecule has 0 aromatic heterocycles. The average Bonchev–Trinajstić information content (AvgIpc) is 2.83. The molecule has 0 radical (unpaired) electrons. The van der Waals surface area contributed by atoms with Crippen LogP contribution in [0.5, 0.6) is 5.75 Å². The maximum absolute atomic E-state index is 12.9. The van der Waals surface area contributed by atoms with Gasteiger partial charge >= 0.3 is 0 Å². The first-order chi connectivity index (χ1) is 14.7. The summed E-state index contributed by atoms with van der Waals surface area (Å²) >= 11 is 0. The van der Waals surface area contributed by atoms with Gasteiger partial charge < -0.3 is 14.5 Å². The first kappa shape index (κ1) is 21.2. The summed E-state index contributed by atoms with van der Waals surface area (Å²) in [5, 5.41) is 0. The number of likely N-dealkylation sites (tertiary alicyclic amines) is 2. The summed E-state index contributed by atoms with van der Waals surface area (Å²) < 4.78 is 6.04. The van der Waals surface area contributed by atoms with Gasteiger partial charge in [-0.25, -0.2) is 0 Å². The lowest BCUT2D eigenvalue weighted by atomic mass is 9.87. The van der Waals surface area contributed by atoms with Crippen LogP contribution in [0.1, 0.15) is 74.6 Å². The van der Waals surface area contributed by atoms with Gasteiger partial charge in [-0.2, -0.15) is 0 Å². The van der Waals surface area contributed by atoms with Gasteiger partial charge in [-0.15, -0.1) is 0 Å². The van der Waals surface area contributed by atoms with Crippen LogP contribution in [0.4, 0.5) is 0 Å². The maximum Gasteiger partial charge on any atom is 0.253 e. The fourth-order valence-electron chi connectivity index (χ4n) is 5.20. The molecule has 2 amide bonds. The first-order valence-corrected chi connectivity index (χ1v) is 12.0. The molecule has 2 heterocycles. The maximum atomic E-state index is 12.9. The minimum atomic E-state index is 0.130. The predicted octanol–water partition coefficient (Wildman–Crippen LogP) is 4.51. The van der Waals surface area contributed by atoms with Crippen LogP contribution < -0.4 is 4.74 Å². The molecule has 1 aromatic rings. The van der Waals surface area contributed by atoms with Crippen molar-refractivity contribution in [2.75, 3.05) is 32.8 Å². The quantitative estimate of drug-likeness (QED) is 0.715. The number of piperidine rings is 2. The SMILES string of the molecule is O=C(c1ccc(OC[C@@H]2CCCN(C(=O)C3CCCCC3)C2)cc1)N1CCCCC1. The molecule has 1 saturated carbocycles. The molecular formula is C25H36N2O3. The van der Waals surface area contributed by atoms with E-state index in [0.717, 1.165) is 76.0 Å². The lowest BCUT2D eigenvalue weighted by Crippen LogP contribution is -2.44. The lowest BCUT2D eigenvalue weighted by molar-refractivity contribution is -0.138. The third-order valence-electron chi connectivity index (χ3n) is 7.02. The Bertz CT molecular complexity index is 706. The fourth-order valence-corrected chi connectivity index (χ4v) is 5.20. The molecule has 3 fully saturated rings. The number of carbonyl (C=O) groups excluding carboxylic acids is 2. The van der Waals surface area contributed by atoms with Crippen LogP contribution in [0.3, 0.4) is 0 Å². The van der Waals surface area contributed by atoms with Gasteiger partial charge in [0.2, 0.25) is 5.91 Å². The standard InChI is InChI=1S/C25H36N2O3/c28-24(26-15-5-2-6-16-26)22-11-13-23(14-12-22)30-19-20-8-7-17-27(18-20)25(29)21-9-3-1-4-10-21/h11-14,20-21H,1-10,15-19H2/t20-/m1/s1. The molecule has 0 unspecified atom stereocenters. The topological polar surface area (TPSA) is 49.9 Å². The second-order valence-corrected chi connectivity index (χ2v) is 9.32. The Kier molecular flexibility index (Phi) is 7.29. The van der Waals surface area contributed by atoms with Gasteiger partial charge in [0.25, 0.3) is 5.91 Å². The summed E-state index contributed by atoms with van der Waals surface area (Å²) in [6.07, 6.45) is 11.4. The van der Waals surface area contributed by atoms with Crippen LogP contribution in [0.25, 0.3) is 0 Å². The Balaban J connectivity index is 1.25. The highest BCUT2D eigenvalue weighted by Gasteiger charge is 2.30. The molecule has 1 atom stereocenters. The lowest BCUT2D eigenvalue weighted by Gasteiger charge is -2.35. The van der Waals surface area contributed by atoms with Gasteiger partial charge in [0.15, 0.2) is 0 Å². The molecular weight excluding hydrogens is 376 g/mol. The van der Waals surface area contributed by atoms with E-state index in [4.69, 9.17) is 4.74 Å². The third kappa shape index (κ3) is 5.35. The van der Waals surface area contributed by atoms with Crippen LogP contribution >= 0.6 is 0 Å². The zero-order valence-electron chi connectivity index (χ0n) is 18.2. The van der Waals surface area contributed by atoms with E-state index in [1.165, 1.54) is 25.7 Å². The van der Waals surface area contributed by atoms with Crippen molar-refractivity contribution in [1.82, 2.24) is 9.80 Å². The molecule has 0 spiro atoms.